The first-order valence-corrected chi connectivity index (χ1v) is 9.60. The molecule has 2 aromatic carbocycles. The Balaban J connectivity index is 1.95. The smallest absolute Gasteiger partial charge is 0.387 e. The van der Waals surface area contributed by atoms with Crippen LogP contribution in [0.4, 0.5) is 8.78 Å². The zero-order chi connectivity index (χ0) is 20.1. The molecular weight excluding hydrogens is 360 g/mol. The first-order valence-electron chi connectivity index (χ1n) is 9.60. The van der Waals surface area contributed by atoms with Gasteiger partial charge in [0.2, 0.25) is 0 Å². The molecular formula is C23H25F2NO2. The molecule has 1 heterocycles. The number of benzene rings is 2. The molecule has 2 aromatic rings. The van der Waals surface area contributed by atoms with Gasteiger partial charge in [-0.3, -0.25) is 4.79 Å². The molecule has 3 nitrogen and oxygen atoms in total. The van der Waals surface area contributed by atoms with E-state index in [4.69, 9.17) is 0 Å². The average molecular weight is 385 g/mol. The number of piperidine rings is 1. The van der Waals surface area contributed by atoms with E-state index in [9.17, 15) is 13.6 Å². The number of carbonyl (C=O) groups is 1. The van der Waals surface area contributed by atoms with Crippen molar-refractivity contribution in [2.75, 3.05) is 0 Å². The monoisotopic (exact) mass is 385 g/mol. The molecule has 3 rings (SSSR count). The van der Waals surface area contributed by atoms with E-state index < -0.39 is 6.61 Å². The number of rotatable bonds is 5. The molecule has 1 saturated heterocycles. The molecule has 148 valence electrons. The molecule has 1 amide bonds. The topological polar surface area (TPSA) is 29.5 Å². The van der Waals surface area contributed by atoms with E-state index in [2.05, 4.69) is 18.6 Å². The SMILES string of the molecule is C[C@@H]1CCC[C@@H](C)N1C(=O)/C(=C\c1ccc(OC(F)F)cc1)c1ccccc1. The molecule has 1 aliphatic heterocycles. The number of nitrogens with zero attached hydrogens (tertiary/aromatic N) is 1. The highest BCUT2D eigenvalue weighted by Gasteiger charge is 2.31. The Labute approximate surface area is 164 Å². The van der Waals surface area contributed by atoms with E-state index in [0.717, 1.165) is 30.4 Å². The number of halogens is 2. The summed E-state index contributed by atoms with van der Waals surface area (Å²) in [5.41, 5.74) is 2.19. The lowest BCUT2D eigenvalue weighted by molar-refractivity contribution is -0.130. The zero-order valence-electron chi connectivity index (χ0n) is 16.1. The van der Waals surface area contributed by atoms with Crippen LogP contribution >= 0.6 is 0 Å². The molecule has 2 atom stereocenters. The van der Waals surface area contributed by atoms with Gasteiger partial charge in [0.15, 0.2) is 0 Å². The average Bonchev–Trinajstić information content (AvgIpc) is 2.67. The summed E-state index contributed by atoms with van der Waals surface area (Å²) in [4.78, 5) is 15.4. The second kappa shape index (κ2) is 9.00. The van der Waals surface area contributed by atoms with E-state index in [-0.39, 0.29) is 23.7 Å². The molecule has 1 fully saturated rings. The van der Waals surface area contributed by atoms with Gasteiger partial charge in [0, 0.05) is 17.7 Å². The molecule has 28 heavy (non-hydrogen) atoms. The van der Waals surface area contributed by atoms with Crippen molar-refractivity contribution in [2.45, 2.75) is 51.8 Å². The van der Waals surface area contributed by atoms with Crippen LogP contribution < -0.4 is 4.74 Å². The summed E-state index contributed by atoms with van der Waals surface area (Å²) in [7, 11) is 0. The Bertz CT molecular complexity index is 808. The summed E-state index contributed by atoms with van der Waals surface area (Å²) in [6.45, 7) is 1.32. The van der Waals surface area contributed by atoms with E-state index in [0.29, 0.717) is 5.57 Å². The number of alkyl halides is 2. The van der Waals surface area contributed by atoms with Crippen LogP contribution in [0, 0.1) is 0 Å². The van der Waals surface area contributed by atoms with E-state index >= 15 is 0 Å². The summed E-state index contributed by atoms with van der Waals surface area (Å²) < 4.78 is 29.1. The fraction of sp³-hybridized carbons (Fsp3) is 0.348. The van der Waals surface area contributed by atoms with Gasteiger partial charge in [0.25, 0.3) is 5.91 Å². The lowest BCUT2D eigenvalue weighted by Crippen LogP contribution is -2.47. The van der Waals surface area contributed by atoms with Crippen molar-refractivity contribution < 1.29 is 18.3 Å². The van der Waals surface area contributed by atoms with E-state index in [1.54, 1.807) is 12.1 Å². The van der Waals surface area contributed by atoms with Crippen LogP contribution in [-0.4, -0.2) is 29.5 Å². The maximum Gasteiger partial charge on any atom is 0.387 e. The molecule has 5 heteroatoms. The molecule has 0 saturated carbocycles. The van der Waals surface area contributed by atoms with Crippen molar-refractivity contribution >= 4 is 17.6 Å². The van der Waals surface area contributed by atoms with Gasteiger partial charge in [-0.1, -0.05) is 42.5 Å². The molecule has 1 aliphatic rings. The summed E-state index contributed by atoms with van der Waals surface area (Å²) in [6.07, 6.45) is 4.94. The summed E-state index contributed by atoms with van der Waals surface area (Å²) in [6, 6.07) is 16.2. The van der Waals surface area contributed by atoms with Crippen LogP contribution in [-0.2, 0) is 4.79 Å². The van der Waals surface area contributed by atoms with Gasteiger partial charge in [0.1, 0.15) is 5.75 Å². The van der Waals surface area contributed by atoms with E-state index in [1.807, 2.05) is 41.3 Å². The number of hydrogen-bond acceptors (Lipinski definition) is 2. The van der Waals surface area contributed by atoms with Crippen molar-refractivity contribution in [3.05, 3.63) is 65.7 Å². The second-order valence-corrected chi connectivity index (χ2v) is 7.21. The Kier molecular flexibility index (Phi) is 6.45. The third-order valence-corrected chi connectivity index (χ3v) is 5.16. The highest BCUT2D eigenvalue weighted by molar-refractivity contribution is 6.24. The standard InChI is InChI=1S/C23H25F2NO2/c1-16-7-6-8-17(2)26(16)22(27)21(19-9-4-3-5-10-19)15-18-11-13-20(14-12-18)28-23(24)25/h3-5,9-17,23H,6-8H2,1-2H3/b21-15-/t16-,17-/m1/s1. The number of hydrogen-bond donors (Lipinski definition) is 0. The first-order chi connectivity index (χ1) is 13.5. The van der Waals surface area contributed by atoms with Gasteiger partial charge in [-0.2, -0.15) is 8.78 Å². The Morgan fingerprint density at radius 1 is 1.04 bits per heavy atom. The lowest BCUT2D eigenvalue weighted by atomic mass is 9.94. The fourth-order valence-corrected chi connectivity index (χ4v) is 3.76. The number of amides is 1. The first kappa shape index (κ1) is 20.1. The number of ether oxygens (including phenoxy) is 1. The van der Waals surface area contributed by atoms with Crippen molar-refractivity contribution in [3.8, 4) is 5.75 Å². The molecule has 0 unspecified atom stereocenters. The van der Waals surface area contributed by atoms with Crippen LogP contribution in [0.25, 0.3) is 11.6 Å². The van der Waals surface area contributed by atoms with Crippen LogP contribution in [0.15, 0.2) is 54.6 Å². The van der Waals surface area contributed by atoms with E-state index in [1.165, 1.54) is 12.1 Å². The van der Waals surface area contributed by atoms with Crippen LogP contribution in [0.3, 0.4) is 0 Å². The van der Waals surface area contributed by atoms with Crippen LogP contribution in [0.1, 0.15) is 44.2 Å². The van der Waals surface area contributed by atoms with Gasteiger partial charge >= 0.3 is 6.61 Å². The van der Waals surface area contributed by atoms with Gasteiger partial charge in [-0.25, -0.2) is 0 Å². The summed E-state index contributed by atoms with van der Waals surface area (Å²) in [5, 5.41) is 0. The quantitative estimate of drug-likeness (QED) is 0.494. The predicted octanol–water partition coefficient (Wildman–Crippen LogP) is 5.62. The highest BCUT2D eigenvalue weighted by atomic mass is 19.3. The Hall–Kier alpha value is -2.69. The third kappa shape index (κ3) is 4.77. The normalized spacial score (nSPS) is 20.3. The molecule has 0 N–H and O–H groups in total. The van der Waals surface area contributed by atoms with Gasteiger partial charge in [0.05, 0.1) is 0 Å². The molecule has 0 bridgehead atoms. The predicted molar refractivity (Wildman–Crippen MR) is 107 cm³/mol. The minimum absolute atomic E-state index is 0.00110. The highest BCUT2D eigenvalue weighted by Crippen LogP contribution is 2.29. The Morgan fingerprint density at radius 3 is 2.21 bits per heavy atom. The largest absolute Gasteiger partial charge is 0.435 e. The fourth-order valence-electron chi connectivity index (χ4n) is 3.76. The maximum absolute atomic E-state index is 13.5. The summed E-state index contributed by atoms with van der Waals surface area (Å²) >= 11 is 0. The zero-order valence-corrected chi connectivity index (χ0v) is 16.1. The second-order valence-electron chi connectivity index (χ2n) is 7.21. The third-order valence-electron chi connectivity index (χ3n) is 5.16. The number of likely N-dealkylation sites (tertiary alicyclic amines) is 1. The van der Waals surface area contributed by atoms with Gasteiger partial charge < -0.3 is 9.64 Å². The number of carbonyl (C=O) groups excluding carboxylic acids is 1. The van der Waals surface area contributed by atoms with Crippen LogP contribution in [0.2, 0.25) is 0 Å². The van der Waals surface area contributed by atoms with Gasteiger partial charge in [-0.15, -0.1) is 0 Å². The molecule has 0 aliphatic carbocycles. The lowest BCUT2D eigenvalue weighted by Gasteiger charge is -2.39. The van der Waals surface area contributed by atoms with Crippen molar-refractivity contribution in [1.82, 2.24) is 4.90 Å². The minimum Gasteiger partial charge on any atom is -0.435 e. The molecule has 0 radical (unpaired) electrons. The maximum atomic E-state index is 13.5. The van der Waals surface area contributed by atoms with Crippen molar-refractivity contribution in [1.29, 1.82) is 0 Å². The molecule has 0 spiro atoms. The Morgan fingerprint density at radius 2 is 1.64 bits per heavy atom. The van der Waals surface area contributed by atoms with Crippen molar-refractivity contribution in [3.63, 3.8) is 0 Å². The minimum atomic E-state index is -2.86. The van der Waals surface area contributed by atoms with Crippen LogP contribution in [0.5, 0.6) is 5.75 Å². The van der Waals surface area contributed by atoms with Crippen molar-refractivity contribution in [2.24, 2.45) is 0 Å². The molecule has 0 aromatic heterocycles. The van der Waals surface area contributed by atoms with Gasteiger partial charge in [-0.05, 0) is 62.4 Å². The summed E-state index contributed by atoms with van der Waals surface area (Å²) in [5.74, 6) is 0.0943.